The standard InChI is InChI=1S/C27H18FNO4/c28-20-15-22(26(31)23(16-20)27(32)33)25(30)13-9-18-5-3-4-17(14-18)8-11-21-12-10-19-6-1-2-7-24(19)29-21/h1-16,31H,(H,32,33). The number of pyridine rings is 1. The molecule has 0 fully saturated rings. The minimum absolute atomic E-state index is 0.415. The van der Waals surface area contributed by atoms with Crippen LogP contribution in [0.25, 0.3) is 29.1 Å². The number of carbonyl (C=O) groups is 2. The average molecular weight is 439 g/mol. The Kier molecular flexibility index (Phi) is 6.09. The van der Waals surface area contributed by atoms with Gasteiger partial charge in [0.05, 0.1) is 16.8 Å². The molecular formula is C27H18FNO4. The number of phenols is 1. The number of allylic oxidation sites excluding steroid dienone is 1. The molecule has 0 unspecified atom stereocenters. The van der Waals surface area contributed by atoms with Gasteiger partial charge in [-0.2, -0.15) is 0 Å². The topological polar surface area (TPSA) is 87.5 Å². The first-order chi connectivity index (χ1) is 15.9. The molecule has 0 aliphatic rings. The second kappa shape index (κ2) is 9.28. The Morgan fingerprint density at radius 3 is 2.33 bits per heavy atom. The van der Waals surface area contributed by atoms with Gasteiger partial charge in [-0.15, -0.1) is 0 Å². The van der Waals surface area contributed by atoms with Gasteiger partial charge in [0.2, 0.25) is 0 Å². The highest BCUT2D eigenvalue weighted by atomic mass is 19.1. The summed E-state index contributed by atoms with van der Waals surface area (Å²) >= 11 is 0. The summed E-state index contributed by atoms with van der Waals surface area (Å²) in [6.07, 6.45) is 6.46. The Bertz CT molecular complexity index is 1440. The van der Waals surface area contributed by atoms with E-state index in [1.165, 1.54) is 6.08 Å². The fourth-order valence-corrected chi connectivity index (χ4v) is 3.33. The summed E-state index contributed by atoms with van der Waals surface area (Å²) in [6, 6.07) is 20.6. The van der Waals surface area contributed by atoms with Gasteiger partial charge in [0.25, 0.3) is 0 Å². The van der Waals surface area contributed by atoms with Crippen LogP contribution >= 0.6 is 0 Å². The summed E-state index contributed by atoms with van der Waals surface area (Å²) < 4.78 is 13.7. The molecule has 0 aliphatic heterocycles. The molecule has 0 radical (unpaired) electrons. The van der Waals surface area contributed by atoms with Crippen molar-refractivity contribution in [2.75, 3.05) is 0 Å². The number of rotatable bonds is 6. The zero-order valence-electron chi connectivity index (χ0n) is 17.3. The summed E-state index contributed by atoms with van der Waals surface area (Å²) in [5, 5.41) is 20.1. The van der Waals surface area contributed by atoms with E-state index in [9.17, 15) is 19.1 Å². The Hall–Kier alpha value is -4.58. The van der Waals surface area contributed by atoms with Crippen LogP contribution in [0.2, 0.25) is 0 Å². The minimum Gasteiger partial charge on any atom is -0.506 e. The number of para-hydroxylation sites is 1. The second-order valence-corrected chi connectivity index (χ2v) is 7.28. The smallest absolute Gasteiger partial charge is 0.339 e. The normalized spacial score (nSPS) is 11.4. The van der Waals surface area contributed by atoms with Gasteiger partial charge in [-0.25, -0.2) is 14.2 Å². The van der Waals surface area contributed by atoms with Crippen LogP contribution in [0.3, 0.4) is 0 Å². The maximum atomic E-state index is 13.7. The maximum Gasteiger partial charge on any atom is 0.339 e. The molecule has 3 aromatic carbocycles. The van der Waals surface area contributed by atoms with Crippen molar-refractivity contribution in [3.8, 4) is 5.75 Å². The number of halogens is 1. The molecule has 5 nitrogen and oxygen atoms in total. The highest BCUT2D eigenvalue weighted by Crippen LogP contribution is 2.25. The van der Waals surface area contributed by atoms with E-state index in [2.05, 4.69) is 4.98 Å². The molecule has 1 heterocycles. The lowest BCUT2D eigenvalue weighted by Gasteiger charge is -2.05. The molecule has 4 rings (SSSR count). The number of aromatic hydroxyl groups is 1. The quantitative estimate of drug-likeness (QED) is 0.291. The summed E-state index contributed by atoms with van der Waals surface area (Å²) in [5.74, 6) is -3.92. The minimum atomic E-state index is -1.52. The SMILES string of the molecule is O=C(O)c1cc(F)cc(C(=O)C=Cc2cccc(C=Cc3ccc4ccccc4n3)c2)c1O. The van der Waals surface area contributed by atoms with Crippen LogP contribution in [0.1, 0.15) is 37.5 Å². The van der Waals surface area contributed by atoms with Gasteiger partial charge in [0, 0.05) is 5.39 Å². The molecule has 0 saturated heterocycles. The molecule has 0 saturated carbocycles. The summed E-state index contributed by atoms with van der Waals surface area (Å²) in [4.78, 5) is 28.2. The molecule has 0 bridgehead atoms. The van der Waals surface area contributed by atoms with Gasteiger partial charge in [0.15, 0.2) is 5.78 Å². The zero-order chi connectivity index (χ0) is 23.4. The number of nitrogens with zero attached hydrogens (tertiary/aromatic N) is 1. The first kappa shape index (κ1) is 21.6. The fourth-order valence-electron chi connectivity index (χ4n) is 3.33. The molecule has 33 heavy (non-hydrogen) atoms. The predicted octanol–water partition coefficient (Wildman–Crippen LogP) is 5.84. The van der Waals surface area contributed by atoms with E-state index in [-0.39, 0.29) is 0 Å². The van der Waals surface area contributed by atoms with Crippen molar-refractivity contribution in [2.45, 2.75) is 0 Å². The van der Waals surface area contributed by atoms with E-state index in [0.717, 1.165) is 34.3 Å². The molecule has 0 spiro atoms. The second-order valence-electron chi connectivity index (χ2n) is 7.28. The van der Waals surface area contributed by atoms with Crippen molar-refractivity contribution < 1.29 is 24.2 Å². The van der Waals surface area contributed by atoms with E-state index in [4.69, 9.17) is 5.11 Å². The average Bonchev–Trinajstić information content (AvgIpc) is 2.82. The zero-order valence-corrected chi connectivity index (χ0v) is 17.3. The van der Waals surface area contributed by atoms with Crippen LogP contribution < -0.4 is 0 Å². The van der Waals surface area contributed by atoms with Crippen LogP contribution in [-0.2, 0) is 0 Å². The number of fused-ring (bicyclic) bond motifs is 1. The molecule has 2 N–H and O–H groups in total. The van der Waals surface area contributed by atoms with Gasteiger partial charge in [-0.05, 0) is 53.6 Å². The molecular weight excluding hydrogens is 421 g/mol. The van der Waals surface area contributed by atoms with Crippen molar-refractivity contribution in [2.24, 2.45) is 0 Å². The van der Waals surface area contributed by atoms with Gasteiger partial charge in [-0.1, -0.05) is 54.6 Å². The molecule has 1 aromatic heterocycles. The Morgan fingerprint density at radius 2 is 1.55 bits per heavy atom. The van der Waals surface area contributed by atoms with Gasteiger partial charge < -0.3 is 10.2 Å². The van der Waals surface area contributed by atoms with Crippen LogP contribution in [-0.4, -0.2) is 26.9 Å². The van der Waals surface area contributed by atoms with Crippen molar-refractivity contribution in [3.63, 3.8) is 0 Å². The third kappa shape index (κ3) is 5.02. The van der Waals surface area contributed by atoms with Crippen LogP contribution in [0, 0.1) is 5.82 Å². The predicted molar refractivity (Wildman–Crippen MR) is 126 cm³/mol. The monoisotopic (exact) mass is 439 g/mol. The summed E-state index contributed by atoms with van der Waals surface area (Å²) in [7, 11) is 0. The van der Waals surface area contributed by atoms with Crippen molar-refractivity contribution in [1.82, 2.24) is 4.98 Å². The van der Waals surface area contributed by atoms with E-state index in [1.54, 1.807) is 6.07 Å². The fraction of sp³-hybridized carbons (Fsp3) is 0. The third-order valence-corrected chi connectivity index (χ3v) is 4.97. The number of hydrogen-bond donors (Lipinski definition) is 2. The number of carboxylic acid groups (broad SMARTS) is 1. The molecule has 162 valence electrons. The van der Waals surface area contributed by atoms with Crippen LogP contribution in [0.4, 0.5) is 4.39 Å². The van der Waals surface area contributed by atoms with Crippen molar-refractivity contribution >= 4 is 40.9 Å². The Labute approximate surface area is 188 Å². The highest BCUT2D eigenvalue weighted by Gasteiger charge is 2.19. The lowest BCUT2D eigenvalue weighted by Crippen LogP contribution is -2.04. The first-order valence-corrected chi connectivity index (χ1v) is 10.0. The number of carbonyl (C=O) groups excluding carboxylic acids is 1. The Morgan fingerprint density at radius 1 is 0.818 bits per heavy atom. The van der Waals surface area contributed by atoms with Crippen LogP contribution in [0.5, 0.6) is 5.75 Å². The number of carboxylic acids is 1. The summed E-state index contributed by atoms with van der Waals surface area (Å²) in [6.45, 7) is 0. The molecule has 0 aliphatic carbocycles. The molecule has 0 atom stereocenters. The number of aromatic nitrogens is 1. The largest absolute Gasteiger partial charge is 0.506 e. The first-order valence-electron chi connectivity index (χ1n) is 10.0. The molecule has 6 heteroatoms. The van der Waals surface area contributed by atoms with Gasteiger partial charge in [-0.3, -0.25) is 4.79 Å². The highest BCUT2D eigenvalue weighted by molar-refractivity contribution is 6.10. The summed E-state index contributed by atoms with van der Waals surface area (Å²) in [5.41, 5.74) is 2.21. The van der Waals surface area contributed by atoms with Gasteiger partial charge in [0.1, 0.15) is 17.1 Å². The van der Waals surface area contributed by atoms with E-state index in [1.807, 2.05) is 66.7 Å². The number of hydrogen-bond acceptors (Lipinski definition) is 4. The lowest BCUT2D eigenvalue weighted by atomic mass is 10.0. The maximum absolute atomic E-state index is 13.7. The van der Waals surface area contributed by atoms with Crippen molar-refractivity contribution in [3.05, 3.63) is 113 Å². The van der Waals surface area contributed by atoms with E-state index < -0.39 is 34.4 Å². The Balaban J connectivity index is 1.54. The number of ketones is 1. The van der Waals surface area contributed by atoms with E-state index in [0.29, 0.717) is 11.6 Å². The van der Waals surface area contributed by atoms with Crippen molar-refractivity contribution in [1.29, 1.82) is 0 Å². The molecule has 4 aromatic rings. The van der Waals surface area contributed by atoms with Gasteiger partial charge >= 0.3 is 5.97 Å². The molecule has 0 amide bonds. The third-order valence-electron chi connectivity index (χ3n) is 4.97. The van der Waals surface area contributed by atoms with Crippen LogP contribution in [0.15, 0.2) is 78.9 Å². The lowest BCUT2D eigenvalue weighted by molar-refractivity contribution is 0.0693. The number of aromatic carboxylic acids is 1. The van der Waals surface area contributed by atoms with E-state index >= 15 is 0 Å². The number of benzene rings is 3.